The Bertz CT molecular complexity index is 578. The van der Waals surface area contributed by atoms with Gasteiger partial charge in [-0.1, -0.05) is 19.4 Å². The predicted octanol–water partition coefficient (Wildman–Crippen LogP) is 4.03. The Morgan fingerprint density at radius 3 is 2.80 bits per heavy atom. The number of aromatic hydroxyl groups is 1. The first-order chi connectivity index (χ1) is 9.61. The standard InChI is InChI=1S/C16H19NO2S/c1-3-5-14(15-6-4-9-20-15)17-16(19)13-8-7-12(18)10-11(13)2/h4,6-10,14,18H,3,5H2,1-2H3,(H,17,19). The molecule has 1 aromatic carbocycles. The summed E-state index contributed by atoms with van der Waals surface area (Å²) in [6.07, 6.45) is 1.93. The van der Waals surface area contributed by atoms with Crippen molar-refractivity contribution in [2.45, 2.75) is 32.7 Å². The van der Waals surface area contributed by atoms with E-state index in [9.17, 15) is 9.90 Å². The fourth-order valence-corrected chi connectivity index (χ4v) is 3.01. The van der Waals surface area contributed by atoms with Gasteiger partial charge in [0.25, 0.3) is 5.91 Å². The van der Waals surface area contributed by atoms with Crippen molar-refractivity contribution in [2.75, 3.05) is 0 Å². The summed E-state index contributed by atoms with van der Waals surface area (Å²) in [4.78, 5) is 13.5. The van der Waals surface area contributed by atoms with Crippen LogP contribution in [0.25, 0.3) is 0 Å². The third-order valence-electron chi connectivity index (χ3n) is 3.22. The highest BCUT2D eigenvalue weighted by Gasteiger charge is 2.17. The SMILES string of the molecule is CCCC(NC(=O)c1ccc(O)cc1C)c1cccs1. The van der Waals surface area contributed by atoms with Crippen LogP contribution < -0.4 is 5.32 Å². The molecule has 1 atom stereocenters. The van der Waals surface area contributed by atoms with Gasteiger partial charge in [0.2, 0.25) is 0 Å². The zero-order valence-electron chi connectivity index (χ0n) is 11.7. The van der Waals surface area contributed by atoms with Gasteiger partial charge in [0.1, 0.15) is 5.75 Å². The molecule has 0 aliphatic carbocycles. The topological polar surface area (TPSA) is 49.3 Å². The summed E-state index contributed by atoms with van der Waals surface area (Å²) in [5.41, 5.74) is 1.39. The molecule has 1 unspecified atom stereocenters. The number of amides is 1. The number of carbonyl (C=O) groups is 1. The van der Waals surface area contributed by atoms with Crippen molar-refractivity contribution in [3.63, 3.8) is 0 Å². The van der Waals surface area contributed by atoms with Gasteiger partial charge >= 0.3 is 0 Å². The largest absolute Gasteiger partial charge is 0.508 e. The maximum absolute atomic E-state index is 12.4. The molecule has 0 aliphatic rings. The van der Waals surface area contributed by atoms with Crippen molar-refractivity contribution in [1.82, 2.24) is 5.32 Å². The number of benzene rings is 1. The number of phenols is 1. The van der Waals surface area contributed by atoms with Crippen LogP contribution in [0.1, 0.15) is 46.6 Å². The summed E-state index contributed by atoms with van der Waals surface area (Å²) in [6, 6.07) is 8.92. The molecular formula is C16H19NO2S. The fraction of sp³-hybridized carbons (Fsp3) is 0.312. The van der Waals surface area contributed by atoms with Crippen LogP contribution in [0.5, 0.6) is 5.75 Å². The highest BCUT2D eigenvalue weighted by molar-refractivity contribution is 7.10. The van der Waals surface area contributed by atoms with Crippen molar-refractivity contribution in [3.05, 3.63) is 51.7 Å². The Hall–Kier alpha value is -1.81. The highest BCUT2D eigenvalue weighted by atomic mass is 32.1. The molecule has 2 aromatic rings. The average Bonchev–Trinajstić information content (AvgIpc) is 2.91. The Balaban J connectivity index is 2.16. The quantitative estimate of drug-likeness (QED) is 0.873. The zero-order chi connectivity index (χ0) is 14.5. The van der Waals surface area contributed by atoms with Crippen LogP contribution in [0.3, 0.4) is 0 Å². The summed E-state index contributed by atoms with van der Waals surface area (Å²) in [5.74, 6) is 0.0942. The number of phenolic OH excluding ortho intramolecular Hbond substituents is 1. The maximum Gasteiger partial charge on any atom is 0.252 e. The number of aryl methyl sites for hydroxylation is 1. The number of hydrogen-bond donors (Lipinski definition) is 2. The molecule has 0 saturated heterocycles. The van der Waals surface area contributed by atoms with Crippen LogP contribution in [0.4, 0.5) is 0 Å². The molecule has 2 N–H and O–H groups in total. The fourth-order valence-electron chi connectivity index (χ4n) is 2.20. The van der Waals surface area contributed by atoms with E-state index in [2.05, 4.69) is 18.3 Å². The average molecular weight is 289 g/mol. The van der Waals surface area contributed by atoms with Gasteiger partial charge in [-0.2, -0.15) is 0 Å². The number of carbonyl (C=O) groups excluding carboxylic acids is 1. The van der Waals surface area contributed by atoms with Crippen molar-refractivity contribution in [2.24, 2.45) is 0 Å². The monoisotopic (exact) mass is 289 g/mol. The van der Waals surface area contributed by atoms with Gasteiger partial charge in [0.05, 0.1) is 6.04 Å². The smallest absolute Gasteiger partial charge is 0.252 e. The van der Waals surface area contributed by atoms with Crippen molar-refractivity contribution >= 4 is 17.2 Å². The molecule has 0 radical (unpaired) electrons. The molecular weight excluding hydrogens is 270 g/mol. The normalized spacial score (nSPS) is 12.1. The molecule has 1 amide bonds. The van der Waals surface area contributed by atoms with E-state index in [0.29, 0.717) is 5.56 Å². The molecule has 3 nitrogen and oxygen atoms in total. The van der Waals surface area contributed by atoms with E-state index in [0.717, 1.165) is 18.4 Å². The molecule has 1 aromatic heterocycles. The van der Waals surface area contributed by atoms with Gasteiger partial charge in [0, 0.05) is 10.4 Å². The molecule has 4 heteroatoms. The second-order valence-electron chi connectivity index (χ2n) is 4.83. The number of rotatable bonds is 5. The third-order valence-corrected chi connectivity index (χ3v) is 4.21. The van der Waals surface area contributed by atoms with Crippen LogP contribution in [0.2, 0.25) is 0 Å². The van der Waals surface area contributed by atoms with Crippen LogP contribution in [-0.4, -0.2) is 11.0 Å². The predicted molar refractivity (Wildman–Crippen MR) is 82.3 cm³/mol. The lowest BCUT2D eigenvalue weighted by molar-refractivity contribution is 0.0934. The second-order valence-corrected chi connectivity index (χ2v) is 5.81. The van der Waals surface area contributed by atoms with Gasteiger partial charge in [0.15, 0.2) is 0 Å². The van der Waals surface area contributed by atoms with Crippen LogP contribution in [-0.2, 0) is 0 Å². The van der Waals surface area contributed by atoms with E-state index < -0.39 is 0 Å². The molecule has 0 fully saturated rings. The van der Waals surface area contributed by atoms with Crippen molar-refractivity contribution in [3.8, 4) is 5.75 Å². The van der Waals surface area contributed by atoms with Gasteiger partial charge in [-0.3, -0.25) is 4.79 Å². The number of nitrogens with one attached hydrogen (secondary N) is 1. The second kappa shape index (κ2) is 6.57. The van der Waals surface area contributed by atoms with E-state index in [1.165, 1.54) is 4.88 Å². The van der Waals surface area contributed by atoms with Crippen molar-refractivity contribution in [1.29, 1.82) is 0 Å². The lowest BCUT2D eigenvalue weighted by Crippen LogP contribution is -2.28. The molecule has 106 valence electrons. The first kappa shape index (κ1) is 14.6. The molecule has 0 aliphatic heterocycles. The first-order valence-corrected chi connectivity index (χ1v) is 7.63. The van der Waals surface area contributed by atoms with E-state index in [1.807, 2.05) is 18.4 Å². The van der Waals surface area contributed by atoms with Crippen molar-refractivity contribution < 1.29 is 9.90 Å². The summed E-state index contributed by atoms with van der Waals surface area (Å²) >= 11 is 1.66. The molecule has 0 spiro atoms. The van der Waals surface area contributed by atoms with Crippen LogP contribution >= 0.6 is 11.3 Å². The van der Waals surface area contributed by atoms with E-state index >= 15 is 0 Å². The Labute approximate surface area is 123 Å². The Morgan fingerprint density at radius 1 is 1.40 bits per heavy atom. The third kappa shape index (κ3) is 3.39. The molecule has 20 heavy (non-hydrogen) atoms. The van der Waals surface area contributed by atoms with E-state index in [1.54, 1.807) is 29.5 Å². The first-order valence-electron chi connectivity index (χ1n) is 6.75. The minimum absolute atomic E-state index is 0.0562. The molecule has 0 bridgehead atoms. The molecule has 1 heterocycles. The molecule has 2 rings (SSSR count). The zero-order valence-corrected chi connectivity index (χ0v) is 12.5. The maximum atomic E-state index is 12.4. The van der Waals surface area contributed by atoms with E-state index in [4.69, 9.17) is 0 Å². The van der Waals surface area contributed by atoms with Gasteiger partial charge in [-0.15, -0.1) is 11.3 Å². The van der Waals surface area contributed by atoms with Gasteiger partial charge in [-0.25, -0.2) is 0 Å². The van der Waals surface area contributed by atoms with Crippen LogP contribution in [0, 0.1) is 6.92 Å². The lowest BCUT2D eigenvalue weighted by Gasteiger charge is -2.17. The van der Waals surface area contributed by atoms with Gasteiger partial charge in [-0.05, 0) is 48.6 Å². The summed E-state index contributed by atoms with van der Waals surface area (Å²) < 4.78 is 0. The summed E-state index contributed by atoms with van der Waals surface area (Å²) in [6.45, 7) is 3.94. The highest BCUT2D eigenvalue weighted by Crippen LogP contribution is 2.24. The summed E-state index contributed by atoms with van der Waals surface area (Å²) in [7, 11) is 0. The molecule has 0 saturated carbocycles. The minimum Gasteiger partial charge on any atom is -0.508 e. The lowest BCUT2D eigenvalue weighted by atomic mass is 10.1. The number of hydrogen-bond acceptors (Lipinski definition) is 3. The Kier molecular flexibility index (Phi) is 4.79. The van der Waals surface area contributed by atoms with Crippen LogP contribution in [0.15, 0.2) is 35.7 Å². The minimum atomic E-state index is -0.0886. The number of thiophene rings is 1. The Morgan fingerprint density at radius 2 is 2.20 bits per heavy atom. The van der Waals surface area contributed by atoms with E-state index in [-0.39, 0.29) is 17.7 Å². The summed E-state index contributed by atoms with van der Waals surface area (Å²) in [5, 5.41) is 14.5. The van der Waals surface area contributed by atoms with Gasteiger partial charge < -0.3 is 10.4 Å².